The summed E-state index contributed by atoms with van der Waals surface area (Å²) in [6.07, 6.45) is 4.77. The first-order valence-corrected chi connectivity index (χ1v) is 7.78. The summed E-state index contributed by atoms with van der Waals surface area (Å²) in [5.41, 5.74) is 0.802. The molecule has 2 heterocycles. The molecule has 21 heavy (non-hydrogen) atoms. The van der Waals surface area contributed by atoms with E-state index in [0.717, 1.165) is 26.1 Å². The number of amides is 1. The van der Waals surface area contributed by atoms with Crippen molar-refractivity contribution in [1.29, 1.82) is 0 Å². The summed E-state index contributed by atoms with van der Waals surface area (Å²) in [6, 6.07) is 0. The quantitative estimate of drug-likeness (QED) is 0.856. The third-order valence-electron chi connectivity index (χ3n) is 3.90. The lowest BCUT2D eigenvalue weighted by molar-refractivity contribution is 0.00753. The van der Waals surface area contributed by atoms with Gasteiger partial charge in [-0.1, -0.05) is 20.3 Å². The van der Waals surface area contributed by atoms with Crippen LogP contribution in [-0.4, -0.2) is 39.2 Å². The van der Waals surface area contributed by atoms with Crippen LogP contribution in [0.2, 0.25) is 0 Å². The van der Waals surface area contributed by atoms with Gasteiger partial charge >= 0.3 is 6.09 Å². The Hall–Kier alpha value is -1.52. The molecule has 0 spiro atoms. The van der Waals surface area contributed by atoms with Crippen molar-refractivity contribution in [2.45, 2.75) is 59.1 Å². The van der Waals surface area contributed by atoms with Gasteiger partial charge in [0.15, 0.2) is 0 Å². The van der Waals surface area contributed by atoms with Gasteiger partial charge < -0.3 is 14.2 Å². The van der Waals surface area contributed by atoms with Crippen LogP contribution in [0.15, 0.2) is 12.5 Å². The van der Waals surface area contributed by atoms with Crippen LogP contribution in [0.5, 0.6) is 0 Å². The Morgan fingerprint density at radius 1 is 1.48 bits per heavy atom. The van der Waals surface area contributed by atoms with Gasteiger partial charge in [-0.05, 0) is 26.7 Å². The maximum Gasteiger partial charge on any atom is 0.410 e. The van der Waals surface area contributed by atoms with Crippen LogP contribution in [0.3, 0.4) is 0 Å². The fourth-order valence-corrected chi connectivity index (χ4v) is 2.43. The molecule has 0 aliphatic carbocycles. The number of hydrogen-bond donors (Lipinski definition) is 0. The molecular weight excluding hydrogens is 266 g/mol. The summed E-state index contributed by atoms with van der Waals surface area (Å²) in [7, 11) is 0. The van der Waals surface area contributed by atoms with Crippen LogP contribution in [0.25, 0.3) is 0 Å². The Bertz CT molecular complexity index is 484. The van der Waals surface area contributed by atoms with E-state index in [1.807, 2.05) is 33.3 Å². The second-order valence-electron chi connectivity index (χ2n) is 7.07. The Balaban J connectivity index is 1.90. The van der Waals surface area contributed by atoms with E-state index in [0.29, 0.717) is 11.8 Å². The van der Waals surface area contributed by atoms with Gasteiger partial charge in [0.1, 0.15) is 5.60 Å². The minimum Gasteiger partial charge on any atom is -0.444 e. The summed E-state index contributed by atoms with van der Waals surface area (Å²) in [4.78, 5) is 18.0. The van der Waals surface area contributed by atoms with Gasteiger partial charge in [-0.3, -0.25) is 0 Å². The molecule has 118 valence electrons. The molecule has 1 unspecified atom stereocenters. The molecular formula is C16H27N3O2. The lowest BCUT2D eigenvalue weighted by Crippen LogP contribution is -2.50. The highest BCUT2D eigenvalue weighted by Gasteiger charge is 2.36. The van der Waals surface area contributed by atoms with E-state index in [-0.39, 0.29) is 6.09 Å². The Kier molecular flexibility index (Phi) is 4.59. The van der Waals surface area contributed by atoms with Crippen molar-refractivity contribution in [3.8, 4) is 0 Å². The molecule has 1 aromatic heterocycles. The topological polar surface area (TPSA) is 47.4 Å². The molecule has 5 heteroatoms. The monoisotopic (exact) mass is 293 g/mol. The van der Waals surface area contributed by atoms with Crippen molar-refractivity contribution in [2.24, 2.45) is 5.92 Å². The number of carbonyl (C=O) groups is 1. The molecule has 0 saturated carbocycles. The maximum atomic E-state index is 11.9. The van der Waals surface area contributed by atoms with Crippen LogP contribution in [0.4, 0.5) is 4.79 Å². The average molecular weight is 293 g/mol. The van der Waals surface area contributed by atoms with Crippen molar-refractivity contribution in [3.63, 3.8) is 0 Å². The number of likely N-dealkylation sites (tertiary alicyclic amines) is 1. The summed E-state index contributed by atoms with van der Waals surface area (Å²) >= 11 is 0. The summed E-state index contributed by atoms with van der Waals surface area (Å²) in [6.45, 7) is 12.6. The van der Waals surface area contributed by atoms with Crippen LogP contribution in [0, 0.1) is 5.92 Å². The molecule has 0 bridgehead atoms. The molecule has 0 radical (unpaired) electrons. The van der Waals surface area contributed by atoms with Gasteiger partial charge in [-0.15, -0.1) is 0 Å². The lowest BCUT2D eigenvalue weighted by atomic mass is 9.97. The fraction of sp³-hybridized carbons (Fsp3) is 0.750. The number of hydrogen-bond acceptors (Lipinski definition) is 3. The zero-order valence-electron chi connectivity index (χ0n) is 13.8. The molecule has 1 atom stereocenters. The van der Waals surface area contributed by atoms with Crippen LogP contribution >= 0.6 is 0 Å². The average Bonchev–Trinajstić information content (AvgIpc) is 2.72. The number of nitrogens with zero attached hydrogens (tertiary/aromatic N) is 3. The second-order valence-corrected chi connectivity index (χ2v) is 7.07. The van der Waals surface area contributed by atoms with Crippen molar-refractivity contribution in [3.05, 3.63) is 18.2 Å². The van der Waals surface area contributed by atoms with Crippen molar-refractivity contribution in [1.82, 2.24) is 14.5 Å². The predicted molar refractivity (Wildman–Crippen MR) is 82.2 cm³/mol. The van der Waals surface area contributed by atoms with Crippen LogP contribution in [-0.2, 0) is 11.3 Å². The van der Waals surface area contributed by atoms with E-state index >= 15 is 0 Å². The van der Waals surface area contributed by atoms with Crippen LogP contribution < -0.4 is 0 Å². The molecule has 1 aliphatic rings. The number of aromatic nitrogens is 2. The Morgan fingerprint density at radius 2 is 2.14 bits per heavy atom. The zero-order chi connectivity index (χ0) is 15.6. The van der Waals surface area contributed by atoms with Gasteiger partial charge in [-0.25, -0.2) is 9.78 Å². The molecule has 5 nitrogen and oxygen atoms in total. The molecule has 0 N–H and O–H groups in total. The lowest BCUT2D eigenvalue weighted by Gasteiger charge is -2.40. The standard InChI is InChI=1S/C16H27N3O2/c1-6-12(2)8-19-11-17-7-14(19)13-9-18(10-13)15(20)21-16(3,4)5/h7,11-13H,6,8-10H2,1-5H3. The first kappa shape index (κ1) is 15.9. The minimum absolute atomic E-state index is 0.216. The molecule has 1 aromatic rings. The fourth-order valence-electron chi connectivity index (χ4n) is 2.43. The van der Waals surface area contributed by atoms with Gasteiger partial charge in [0.25, 0.3) is 0 Å². The van der Waals surface area contributed by atoms with Crippen molar-refractivity contribution < 1.29 is 9.53 Å². The van der Waals surface area contributed by atoms with Crippen molar-refractivity contribution >= 4 is 6.09 Å². The van der Waals surface area contributed by atoms with E-state index in [9.17, 15) is 4.79 Å². The van der Waals surface area contributed by atoms with Crippen LogP contribution in [0.1, 0.15) is 52.7 Å². The largest absolute Gasteiger partial charge is 0.444 e. The van der Waals surface area contributed by atoms with E-state index in [1.54, 1.807) is 4.90 Å². The summed E-state index contributed by atoms with van der Waals surface area (Å²) in [5, 5.41) is 0. The Morgan fingerprint density at radius 3 is 2.71 bits per heavy atom. The van der Waals surface area contributed by atoms with Gasteiger partial charge in [0.2, 0.25) is 0 Å². The number of rotatable bonds is 4. The highest BCUT2D eigenvalue weighted by atomic mass is 16.6. The summed E-state index contributed by atoms with van der Waals surface area (Å²) < 4.78 is 7.61. The zero-order valence-corrected chi connectivity index (χ0v) is 13.8. The predicted octanol–water partition coefficient (Wildman–Crippen LogP) is 3.26. The van der Waals surface area contributed by atoms with Gasteiger partial charge in [0, 0.05) is 37.4 Å². The SMILES string of the molecule is CCC(C)Cn1cncc1C1CN(C(=O)OC(C)(C)C)C1. The first-order valence-electron chi connectivity index (χ1n) is 7.78. The molecule has 1 amide bonds. The third kappa shape index (κ3) is 3.99. The van der Waals surface area contributed by atoms with E-state index in [2.05, 4.69) is 23.4 Å². The highest BCUT2D eigenvalue weighted by molar-refractivity contribution is 5.69. The molecule has 0 aromatic carbocycles. The van der Waals surface area contributed by atoms with Gasteiger partial charge in [-0.2, -0.15) is 0 Å². The smallest absolute Gasteiger partial charge is 0.410 e. The Labute approximate surface area is 127 Å². The molecule has 2 rings (SSSR count). The van der Waals surface area contributed by atoms with E-state index < -0.39 is 5.60 Å². The second kappa shape index (κ2) is 6.08. The van der Waals surface area contributed by atoms with Crippen molar-refractivity contribution in [2.75, 3.05) is 13.1 Å². The maximum absolute atomic E-state index is 11.9. The normalized spacial score (nSPS) is 17.5. The molecule has 1 fully saturated rings. The van der Waals surface area contributed by atoms with Gasteiger partial charge in [0.05, 0.1) is 6.33 Å². The first-order chi connectivity index (χ1) is 9.80. The highest BCUT2D eigenvalue weighted by Crippen LogP contribution is 2.28. The third-order valence-corrected chi connectivity index (χ3v) is 3.90. The molecule has 1 aliphatic heterocycles. The number of carbonyl (C=O) groups excluding carboxylic acids is 1. The summed E-state index contributed by atoms with van der Waals surface area (Å²) in [5.74, 6) is 1.02. The number of imidazole rings is 1. The van der Waals surface area contributed by atoms with E-state index in [4.69, 9.17) is 4.74 Å². The number of ether oxygens (including phenoxy) is 1. The minimum atomic E-state index is -0.430. The molecule has 1 saturated heterocycles. The van der Waals surface area contributed by atoms with E-state index in [1.165, 1.54) is 5.69 Å².